The number of benzene rings is 1. The minimum absolute atomic E-state index is 0.362. The van der Waals surface area contributed by atoms with Crippen molar-refractivity contribution in [1.29, 1.82) is 0 Å². The number of alkyl halides is 3. The molecule has 19 heavy (non-hydrogen) atoms. The van der Waals surface area contributed by atoms with Crippen LogP contribution in [-0.2, 0) is 11.0 Å². The van der Waals surface area contributed by atoms with Gasteiger partial charge in [0.05, 0.1) is 11.6 Å². The lowest BCUT2D eigenvalue weighted by Crippen LogP contribution is -2.39. The Bertz CT molecular complexity index is 497. The second kappa shape index (κ2) is 4.43. The molecule has 0 radical (unpaired) electrons. The van der Waals surface area contributed by atoms with Gasteiger partial charge in [0.25, 0.3) is 0 Å². The van der Waals surface area contributed by atoms with E-state index in [2.05, 4.69) is 5.32 Å². The highest BCUT2D eigenvalue weighted by molar-refractivity contribution is 5.51. The van der Waals surface area contributed by atoms with E-state index in [1.54, 1.807) is 0 Å². The van der Waals surface area contributed by atoms with Gasteiger partial charge in [0.2, 0.25) is 6.41 Å². The lowest BCUT2D eigenvalue weighted by Gasteiger charge is -2.37. The molecule has 0 fully saturated rings. The molecule has 0 aliphatic carbocycles. The Morgan fingerprint density at radius 1 is 1.42 bits per heavy atom. The monoisotopic (exact) mass is 273 g/mol. The van der Waals surface area contributed by atoms with Gasteiger partial charge in [-0.15, -0.1) is 0 Å². The molecule has 0 saturated heterocycles. The molecule has 1 unspecified atom stereocenters. The summed E-state index contributed by atoms with van der Waals surface area (Å²) in [6.07, 6.45) is -3.50. The molecule has 1 atom stereocenters. The van der Waals surface area contributed by atoms with Crippen molar-refractivity contribution in [2.75, 3.05) is 0 Å². The van der Waals surface area contributed by atoms with Crippen molar-refractivity contribution in [1.82, 2.24) is 5.32 Å². The molecule has 0 aromatic heterocycles. The van der Waals surface area contributed by atoms with Crippen molar-refractivity contribution in [3.8, 4) is 5.75 Å². The van der Waals surface area contributed by atoms with Gasteiger partial charge in [0, 0.05) is 12.0 Å². The third kappa shape index (κ3) is 2.83. The third-order valence-corrected chi connectivity index (χ3v) is 3.06. The number of hydrogen-bond donors (Lipinski definition) is 1. The predicted molar refractivity (Wildman–Crippen MR) is 62.7 cm³/mol. The number of carbonyl (C=O) groups is 1. The van der Waals surface area contributed by atoms with E-state index < -0.39 is 23.4 Å². The van der Waals surface area contributed by atoms with Crippen LogP contribution in [0.1, 0.15) is 37.4 Å². The first-order chi connectivity index (χ1) is 8.73. The van der Waals surface area contributed by atoms with Gasteiger partial charge in [0.15, 0.2) is 0 Å². The predicted octanol–water partition coefficient (Wildman–Crippen LogP) is 3.05. The van der Waals surface area contributed by atoms with Crippen molar-refractivity contribution in [2.45, 2.75) is 38.1 Å². The van der Waals surface area contributed by atoms with E-state index in [1.807, 2.05) is 13.8 Å². The number of rotatable bonds is 2. The van der Waals surface area contributed by atoms with Gasteiger partial charge in [-0.25, -0.2) is 0 Å². The summed E-state index contributed by atoms with van der Waals surface area (Å²) in [6, 6.07) is 2.85. The van der Waals surface area contributed by atoms with Crippen molar-refractivity contribution >= 4 is 6.41 Å². The van der Waals surface area contributed by atoms with E-state index in [0.29, 0.717) is 24.1 Å². The second-order valence-corrected chi connectivity index (χ2v) is 5.15. The first kappa shape index (κ1) is 13.7. The largest absolute Gasteiger partial charge is 0.487 e. The number of halogens is 3. The summed E-state index contributed by atoms with van der Waals surface area (Å²) in [6.45, 7) is 3.65. The molecule has 104 valence electrons. The van der Waals surface area contributed by atoms with E-state index in [0.717, 1.165) is 12.1 Å². The van der Waals surface area contributed by atoms with Crippen molar-refractivity contribution in [3.05, 3.63) is 29.3 Å². The van der Waals surface area contributed by atoms with Crippen LogP contribution in [0.4, 0.5) is 13.2 Å². The van der Waals surface area contributed by atoms with E-state index in [1.165, 1.54) is 6.07 Å². The molecule has 0 spiro atoms. The van der Waals surface area contributed by atoms with Crippen LogP contribution < -0.4 is 10.1 Å². The average Bonchev–Trinajstić information content (AvgIpc) is 2.26. The van der Waals surface area contributed by atoms with Crippen molar-refractivity contribution in [2.24, 2.45) is 0 Å². The number of carbonyl (C=O) groups excluding carboxylic acids is 1. The maximum atomic E-state index is 12.7. The Balaban J connectivity index is 2.46. The summed E-state index contributed by atoms with van der Waals surface area (Å²) in [4.78, 5) is 10.6. The Morgan fingerprint density at radius 3 is 2.68 bits per heavy atom. The highest BCUT2D eigenvalue weighted by atomic mass is 19.4. The molecular weight excluding hydrogens is 259 g/mol. The van der Waals surface area contributed by atoms with Crippen LogP contribution in [0.15, 0.2) is 18.2 Å². The summed E-state index contributed by atoms with van der Waals surface area (Å²) >= 11 is 0. The van der Waals surface area contributed by atoms with Crippen LogP contribution in [0.3, 0.4) is 0 Å². The molecule has 1 aliphatic heterocycles. The number of fused-ring (bicyclic) bond motifs is 1. The second-order valence-electron chi connectivity index (χ2n) is 5.15. The standard InChI is InChI=1S/C13H14F3NO2/c1-12(2)6-10(17-7-18)9-5-8(13(14,15)16)3-4-11(9)19-12/h3-5,7,10H,6H2,1-2H3,(H,17,18). The molecule has 6 heteroatoms. The smallest absolute Gasteiger partial charge is 0.416 e. The summed E-state index contributed by atoms with van der Waals surface area (Å²) in [7, 11) is 0. The fourth-order valence-corrected chi connectivity index (χ4v) is 2.26. The van der Waals surface area contributed by atoms with Crippen molar-refractivity contribution in [3.63, 3.8) is 0 Å². The van der Waals surface area contributed by atoms with E-state index in [9.17, 15) is 18.0 Å². The van der Waals surface area contributed by atoms with Gasteiger partial charge in [0.1, 0.15) is 11.4 Å². The maximum absolute atomic E-state index is 12.7. The fraction of sp³-hybridized carbons (Fsp3) is 0.462. The Labute approximate surface area is 108 Å². The number of amides is 1. The minimum atomic E-state index is -4.41. The van der Waals surface area contributed by atoms with Gasteiger partial charge in [-0.3, -0.25) is 4.79 Å². The van der Waals surface area contributed by atoms with Gasteiger partial charge in [-0.1, -0.05) is 0 Å². The molecule has 0 saturated carbocycles. The van der Waals surface area contributed by atoms with E-state index in [-0.39, 0.29) is 0 Å². The summed E-state index contributed by atoms with van der Waals surface area (Å²) in [5.74, 6) is 0.378. The van der Waals surface area contributed by atoms with Crippen LogP contribution >= 0.6 is 0 Å². The summed E-state index contributed by atoms with van der Waals surface area (Å²) < 4.78 is 43.7. The van der Waals surface area contributed by atoms with Gasteiger partial charge in [-0.05, 0) is 32.0 Å². The fourth-order valence-electron chi connectivity index (χ4n) is 2.26. The minimum Gasteiger partial charge on any atom is -0.487 e. The first-order valence-electron chi connectivity index (χ1n) is 5.83. The summed E-state index contributed by atoms with van der Waals surface area (Å²) in [5.41, 5.74) is -0.915. The Kier molecular flexibility index (Phi) is 3.20. The molecule has 1 aliphatic rings. The molecule has 1 amide bonds. The Morgan fingerprint density at radius 2 is 2.11 bits per heavy atom. The molecular formula is C13H14F3NO2. The highest BCUT2D eigenvalue weighted by Gasteiger charge is 2.37. The van der Waals surface area contributed by atoms with Crippen LogP contribution in [-0.4, -0.2) is 12.0 Å². The normalized spacial score (nSPS) is 21.2. The van der Waals surface area contributed by atoms with Crippen LogP contribution in [0.5, 0.6) is 5.75 Å². The zero-order chi connectivity index (χ0) is 14.3. The highest BCUT2D eigenvalue weighted by Crippen LogP contribution is 2.42. The van der Waals surface area contributed by atoms with Crippen molar-refractivity contribution < 1.29 is 22.7 Å². The Hall–Kier alpha value is -1.72. The molecule has 2 rings (SSSR count). The topological polar surface area (TPSA) is 38.3 Å². The lowest BCUT2D eigenvalue weighted by molar-refractivity contribution is -0.137. The molecule has 1 aromatic carbocycles. The van der Waals surface area contributed by atoms with Gasteiger partial charge < -0.3 is 10.1 Å². The average molecular weight is 273 g/mol. The number of ether oxygens (including phenoxy) is 1. The number of nitrogens with one attached hydrogen (secondary N) is 1. The molecule has 1 aromatic rings. The third-order valence-electron chi connectivity index (χ3n) is 3.06. The van der Waals surface area contributed by atoms with E-state index in [4.69, 9.17) is 4.74 Å². The molecule has 3 nitrogen and oxygen atoms in total. The molecule has 1 heterocycles. The zero-order valence-corrected chi connectivity index (χ0v) is 10.5. The molecule has 0 bridgehead atoms. The van der Waals surface area contributed by atoms with Gasteiger partial charge >= 0.3 is 6.18 Å². The summed E-state index contributed by atoms with van der Waals surface area (Å²) in [5, 5.41) is 2.55. The van der Waals surface area contributed by atoms with Crippen LogP contribution in [0.25, 0.3) is 0 Å². The maximum Gasteiger partial charge on any atom is 0.416 e. The zero-order valence-electron chi connectivity index (χ0n) is 10.5. The quantitative estimate of drug-likeness (QED) is 0.841. The SMILES string of the molecule is CC1(C)CC(NC=O)c2cc(C(F)(F)F)ccc2O1. The molecule has 1 N–H and O–H groups in total. The van der Waals surface area contributed by atoms with Crippen LogP contribution in [0.2, 0.25) is 0 Å². The lowest BCUT2D eigenvalue weighted by atomic mass is 9.89. The van der Waals surface area contributed by atoms with Gasteiger partial charge in [-0.2, -0.15) is 13.2 Å². The van der Waals surface area contributed by atoms with E-state index >= 15 is 0 Å². The first-order valence-corrected chi connectivity index (χ1v) is 5.83. The number of hydrogen-bond acceptors (Lipinski definition) is 2. The van der Waals surface area contributed by atoms with Crippen LogP contribution in [0, 0.1) is 0 Å².